The first-order valence-corrected chi connectivity index (χ1v) is 7.13. The van der Waals surface area contributed by atoms with Crippen molar-refractivity contribution in [3.8, 4) is 0 Å². The molecule has 2 amide bonds. The molecule has 4 nitrogen and oxygen atoms in total. The molecule has 0 spiro atoms. The van der Waals surface area contributed by atoms with Crippen LogP contribution in [0.1, 0.15) is 49.0 Å². The van der Waals surface area contributed by atoms with E-state index in [1.807, 2.05) is 30.9 Å². The Morgan fingerprint density at radius 3 is 2.30 bits per heavy atom. The number of hydrogen-bond acceptors (Lipinski definition) is 2. The van der Waals surface area contributed by atoms with Crippen LogP contribution in [0.5, 0.6) is 0 Å². The van der Waals surface area contributed by atoms with Crippen molar-refractivity contribution in [2.75, 3.05) is 13.1 Å². The molecule has 1 fully saturated rings. The Morgan fingerprint density at radius 2 is 1.70 bits per heavy atom. The van der Waals surface area contributed by atoms with Crippen LogP contribution in [0, 0.1) is 0 Å². The molecule has 1 aromatic rings. The van der Waals surface area contributed by atoms with Crippen LogP contribution in [0.15, 0.2) is 24.3 Å². The van der Waals surface area contributed by atoms with E-state index in [1.54, 1.807) is 12.1 Å². The summed E-state index contributed by atoms with van der Waals surface area (Å²) in [6, 6.07) is 7.11. The highest BCUT2D eigenvalue weighted by molar-refractivity contribution is 5.98. The number of carbonyl (C=O) groups excluding carboxylic acids is 2. The highest BCUT2D eigenvalue weighted by atomic mass is 16.2. The topological polar surface area (TPSA) is 63.4 Å². The van der Waals surface area contributed by atoms with Crippen LogP contribution < -0.4 is 5.73 Å². The molecule has 0 saturated carbocycles. The minimum atomic E-state index is -0.733. The van der Waals surface area contributed by atoms with Gasteiger partial charge >= 0.3 is 0 Å². The molecule has 0 radical (unpaired) electrons. The Labute approximate surface area is 119 Å². The summed E-state index contributed by atoms with van der Waals surface area (Å²) in [6.07, 6.45) is 3.29. The maximum Gasteiger partial charge on any atom is 0.249 e. The summed E-state index contributed by atoms with van der Waals surface area (Å²) in [5.74, 6) is -0.411. The van der Waals surface area contributed by atoms with Crippen LogP contribution in [0.25, 0.3) is 0 Å². The number of nitrogens with zero attached hydrogens (tertiary/aromatic N) is 1. The highest BCUT2D eigenvalue weighted by Crippen LogP contribution is 2.29. The monoisotopic (exact) mass is 274 g/mol. The predicted molar refractivity (Wildman–Crippen MR) is 78.4 cm³/mol. The lowest BCUT2D eigenvalue weighted by atomic mass is 9.80. The molecule has 1 aliphatic rings. The van der Waals surface area contributed by atoms with Crippen LogP contribution in [-0.4, -0.2) is 29.8 Å². The third-order valence-corrected chi connectivity index (χ3v) is 4.04. The molecule has 1 saturated heterocycles. The lowest BCUT2D eigenvalue weighted by Crippen LogP contribution is -2.46. The van der Waals surface area contributed by atoms with Crippen molar-refractivity contribution in [3.05, 3.63) is 35.4 Å². The first-order chi connectivity index (χ1) is 9.44. The van der Waals surface area contributed by atoms with Gasteiger partial charge in [0.25, 0.3) is 0 Å². The lowest BCUT2D eigenvalue weighted by Gasteiger charge is -2.35. The number of carbonyl (C=O) groups is 2. The summed E-state index contributed by atoms with van der Waals surface area (Å²) < 4.78 is 0. The molecule has 2 rings (SSSR count). The molecule has 1 aliphatic heterocycles. The van der Waals surface area contributed by atoms with Gasteiger partial charge in [-0.2, -0.15) is 0 Å². The Balaban J connectivity index is 2.34. The molecular formula is C16H22N2O2. The molecule has 0 bridgehead atoms. The molecule has 0 atom stereocenters. The molecule has 108 valence electrons. The second-order valence-corrected chi connectivity index (χ2v) is 5.89. The van der Waals surface area contributed by atoms with Gasteiger partial charge in [0.15, 0.2) is 0 Å². The van der Waals surface area contributed by atoms with E-state index in [0.717, 1.165) is 25.9 Å². The van der Waals surface area contributed by atoms with Gasteiger partial charge in [-0.1, -0.05) is 18.2 Å². The van der Waals surface area contributed by atoms with Crippen molar-refractivity contribution >= 4 is 11.8 Å². The minimum Gasteiger partial charge on any atom is -0.366 e. The van der Waals surface area contributed by atoms with E-state index < -0.39 is 11.3 Å². The zero-order valence-corrected chi connectivity index (χ0v) is 12.2. The lowest BCUT2D eigenvalue weighted by molar-refractivity contribution is -0.137. The van der Waals surface area contributed by atoms with Gasteiger partial charge in [-0.3, -0.25) is 9.59 Å². The zero-order valence-electron chi connectivity index (χ0n) is 12.2. The molecule has 0 unspecified atom stereocenters. The summed E-state index contributed by atoms with van der Waals surface area (Å²) >= 11 is 0. The van der Waals surface area contributed by atoms with E-state index in [4.69, 9.17) is 5.73 Å². The largest absolute Gasteiger partial charge is 0.366 e. The number of hydrogen-bond donors (Lipinski definition) is 1. The second kappa shape index (κ2) is 5.65. The van der Waals surface area contributed by atoms with Crippen molar-refractivity contribution in [2.24, 2.45) is 5.73 Å². The van der Waals surface area contributed by atoms with Crippen LogP contribution in [-0.2, 0) is 10.2 Å². The standard InChI is InChI=1S/C16H22N2O2/c1-16(2,15(20)18-10-6-3-7-11-18)13-9-5-4-8-12(13)14(17)19/h4-5,8-9H,3,6-7,10-11H2,1-2H3,(H2,17,19). The van der Waals surface area contributed by atoms with Gasteiger partial charge in [0.2, 0.25) is 11.8 Å². The molecule has 2 N–H and O–H groups in total. The van der Waals surface area contributed by atoms with Crippen LogP contribution >= 0.6 is 0 Å². The van der Waals surface area contributed by atoms with E-state index in [9.17, 15) is 9.59 Å². The Bertz CT molecular complexity index is 517. The highest BCUT2D eigenvalue weighted by Gasteiger charge is 2.36. The fourth-order valence-corrected chi connectivity index (χ4v) is 2.85. The van der Waals surface area contributed by atoms with Crippen LogP contribution in [0.2, 0.25) is 0 Å². The van der Waals surface area contributed by atoms with Gasteiger partial charge < -0.3 is 10.6 Å². The van der Waals surface area contributed by atoms with Crippen molar-refractivity contribution in [2.45, 2.75) is 38.5 Å². The Hall–Kier alpha value is -1.84. The average Bonchev–Trinajstić information content (AvgIpc) is 2.47. The first-order valence-electron chi connectivity index (χ1n) is 7.13. The summed E-state index contributed by atoms with van der Waals surface area (Å²) in [7, 11) is 0. The van der Waals surface area contributed by atoms with Gasteiger partial charge in [-0.05, 0) is 44.7 Å². The maximum absolute atomic E-state index is 12.8. The Kier molecular flexibility index (Phi) is 4.12. The normalized spacial score (nSPS) is 16.0. The molecule has 0 aromatic heterocycles. The predicted octanol–water partition coefficient (Wildman–Crippen LogP) is 2.08. The van der Waals surface area contributed by atoms with E-state index in [0.29, 0.717) is 11.1 Å². The van der Waals surface area contributed by atoms with E-state index in [-0.39, 0.29) is 5.91 Å². The van der Waals surface area contributed by atoms with E-state index in [2.05, 4.69) is 0 Å². The molecular weight excluding hydrogens is 252 g/mol. The fourth-order valence-electron chi connectivity index (χ4n) is 2.85. The molecule has 20 heavy (non-hydrogen) atoms. The van der Waals surface area contributed by atoms with Gasteiger partial charge in [0, 0.05) is 18.7 Å². The smallest absolute Gasteiger partial charge is 0.249 e. The number of likely N-dealkylation sites (tertiary alicyclic amines) is 1. The van der Waals surface area contributed by atoms with Crippen molar-refractivity contribution in [1.29, 1.82) is 0 Å². The van der Waals surface area contributed by atoms with Crippen molar-refractivity contribution < 1.29 is 9.59 Å². The van der Waals surface area contributed by atoms with Gasteiger partial charge in [-0.15, -0.1) is 0 Å². The number of benzene rings is 1. The minimum absolute atomic E-state index is 0.0749. The van der Waals surface area contributed by atoms with Crippen molar-refractivity contribution in [1.82, 2.24) is 4.90 Å². The summed E-state index contributed by atoms with van der Waals surface area (Å²) in [5.41, 5.74) is 5.84. The van der Waals surface area contributed by atoms with Crippen molar-refractivity contribution in [3.63, 3.8) is 0 Å². The fraction of sp³-hybridized carbons (Fsp3) is 0.500. The number of amides is 2. The summed E-state index contributed by atoms with van der Waals surface area (Å²) in [6.45, 7) is 5.35. The zero-order chi connectivity index (χ0) is 14.8. The van der Waals surface area contributed by atoms with E-state index in [1.165, 1.54) is 6.42 Å². The number of nitrogens with two attached hydrogens (primary N) is 1. The third-order valence-electron chi connectivity index (χ3n) is 4.04. The SMILES string of the molecule is CC(C)(C(=O)N1CCCCC1)c1ccccc1C(N)=O. The van der Waals surface area contributed by atoms with Gasteiger partial charge in [0.1, 0.15) is 0 Å². The van der Waals surface area contributed by atoms with Gasteiger partial charge in [0.05, 0.1) is 5.41 Å². The third kappa shape index (κ3) is 2.69. The summed E-state index contributed by atoms with van der Waals surface area (Å²) in [4.78, 5) is 26.2. The van der Waals surface area contributed by atoms with Crippen LogP contribution in [0.4, 0.5) is 0 Å². The number of rotatable bonds is 3. The Morgan fingerprint density at radius 1 is 1.10 bits per heavy atom. The molecule has 1 aromatic carbocycles. The van der Waals surface area contributed by atoms with Crippen LogP contribution in [0.3, 0.4) is 0 Å². The maximum atomic E-state index is 12.8. The van der Waals surface area contributed by atoms with Gasteiger partial charge in [-0.25, -0.2) is 0 Å². The number of piperidine rings is 1. The molecule has 1 heterocycles. The first kappa shape index (κ1) is 14.6. The quantitative estimate of drug-likeness (QED) is 0.917. The second-order valence-electron chi connectivity index (χ2n) is 5.89. The average molecular weight is 274 g/mol. The molecule has 0 aliphatic carbocycles. The molecule has 4 heteroatoms. The number of primary amides is 1. The van der Waals surface area contributed by atoms with E-state index >= 15 is 0 Å². The summed E-state index contributed by atoms with van der Waals surface area (Å²) in [5, 5.41) is 0.